The molecule has 5 nitrogen and oxygen atoms in total. The Kier molecular flexibility index (Phi) is 4.18. The van der Waals surface area contributed by atoms with E-state index in [1.807, 2.05) is 6.07 Å². The summed E-state index contributed by atoms with van der Waals surface area (Å²) in [7, 11) is 2.07. The summed E-state index contributed by atoms with van der Waals surface area (Å²) in [5.41, 5.74) is 0.417. The largest absolute Gasteiger partial charge is 0.374 e. The van der Waals surface area contributed by atoms with Crippen molar-refractivity contribution in [3.05, 3.63) is 10.7 Å². The van der Waals surface area contributed by atoms with Gasteiger partial charge in [0, 0.05) is 19.6 Å². The third-order valence-electron chi connectivity index (χ3n) is 2.59. The average molecular weight is 273 g/mol. The average Bonchev–Trinajstić information content (AvgIpc) is 2.67. The van der Waals surface area contributed by atoms with E-state index in [0.29, 0.717) is 17.1 Å². The topological polar surface area (TPSA) is 61.2 Å². The van der Waals surface area contributed by atoms with Crippen LogP contribution in [0.3, 0.4) is 0 Å². The zero-order chi connectivity index (χ0) is 12.3. The summed E-state index contributed by atoms with van der Waals surface area (Å²) in [5.74, 6) is 0. The monoisotopic (exact) mass is 272 g/mol. The minimum absolute atomic E-state index is 0.140. The van der Waals surface area contributed by atoms with Crippen LogP contribution in [0.2, 0.25) is 5.15 Å². The van der Waals surface area contributed by atoms with E-state index in [1.54, 1.807) is 0 Å². The van der Waals surface area contributed by atoms with Gasteiger partial charge in [-0.15, -0.1) is 0 Å². The van der Waals surface area contributed by atoms with Crippen LogP contribution in [0.1, 0.15) is 5.56 Å². The third kappa shape index (κ3) is 3.07. The highest BCUT2D eigenvalue weighted by atomic mass is 35.5. The van der Waals surface area contributed by atoms with E-state index >= 15 is 0 Å². The molecule has 0 spiro atoms. The van der Waals surface area contributed by atoms with Crippen molar-refractivity contribution in [2.75, 3.05) is 38.6 Å². The fraction of sp³-hybridized carbons (Fsp3) is 0.600. The summed E-state index contributed by atoms with van der Waals surface area (Å²) < 4.78 is 9.55. The Hall–Kier alpha value is -0.870. The van der Waals surface area contributed by atoms with Gasteiger partial charge in [0.15, 0.2) is 5.15 Å². The molecule has 17 heavy (non-hydrogen) atoms. The maximum absolute atomic E-state index is 8.92. The van der Waals surface area contributed by atoms with Crippen LogP contribution in [-0.4, -0.2) is 48.7 Å². The predicted molar refractivity (Wildman–Crippen MR) is 67.6 cm³/mol. The van der Waals surface area contributed by atoms with E-state index in [2.05, 4.69) is 21.6 Å². The van der Waals surface area contributed by atoms with Gasteiger partial charge in [-0.25, -0.2) is 0 Å². The normalized spacial score (nSPS) is 21.1. The number of anilines is 1. The molecular formula is C10H13ClN4OS. The minimum Gasteiger partial charge on any atom is -0.374 e. The Morgan fingerprint density at radius 1 is 1.76 bits per heavy atom. The van der Waals surface area contributed by atoms with Crippen LogP contribution < -0.4 is 5.32 Å². The summed E-state index contributed by atoms with van der Waals surface area (Å²) in [6.45, 7) is 3.27. The highest BCUT2D eigenvalue weighted by molar-refractivity contribution is 7.10. The zero-order valence-electron chi connectivity index (χ0n) is 9.44. The number of nitriles is 1. The summed E-state index contributed by atoms with van der Waals surface area (Å²) in [4.78, 5) is 2.22. The molecule has 0 radical (unpaired) electrons. The van der Waals surface area contributed by atoms with E-state index in [1.165, 1.54) is 11.5 Å². The maximum atomic E-state index is 8.92. The number of rotatable bonds is 3. The molecule has 1 fully saturated rings. The second-order valence-electron chi connectivity index (χ2n) is 3.93. The van der Waals surface area contributed by atoms with Crippen molar-refractivity contribution in [3.8, 4) is 6.07 Å². The van der Waals surface area contributed by atoms with Gasteiger partial charge in [0.1, 0.15) is 16.6 Å². The number of nitrogens with one attached hydrogen (secondary N) is 1. The van der Waals surface area contributed by atoms with E-state index in [9.17, 15) is 0 Å². The fourth-order valence-corrected chi connectivity index (χ4v) is 2.63. The first kappa shape index (κ1) is 12.6. The van der Waals surface area contributed by atoms with Gasteiger partial charge in [0.25, 0.3) is 0 Å². The lowest BCUT2D eigenvalue weighted by molar-refractivity contribution is -0.0116. The zero-order valence-corrected chi connectivity index (χ0v) is 11.0. The van der Waals surface area contributed by atoms with Crippen LogP contribution in [0.15, 0.2) is 0 Å². The number of hydrogen-bond acceptors (Lipinski definition) is 6. The van der Waals surface area contributed by atoms with Crippen LogP contribution in [0.25, 0.3) is 0 Å². The van der Waals surface area contributed by atoms with Crippen LogP contribution in [-0.2, 0) is 4.74 Å². The molecule has 1 unspecified atom stereocenters. The van der Waals surface area contributed by atoms with Crippen LogP contribution >= 0.6 is 23.1 Å². The second kappa shape index (κ2) is 5.65. The van der Waals surface area contributed by atoms with E-state index < -0.39 is 0 Å². The van der Waals surface area contributed by atoms with Crippen LogP contribution in [0.4, 0.5) is 5.00 Å². The van der Waals surface area contributed by atoms with E-state index in [0.717, 1.165) is 19.7 Å². The SMILES string of the molecule is CN1CCOC(CNc2snc(Cl)c2C#N)C1. The Bertz CT molecular complexity index is 430. The van der Waals surface area contributed by atoms with Gasteiger partial charge in [-0.3, -0.25) is 0 Å². The van der Waals surface area contributed by atoms with Gasteiger partial charge in [0.05, 0.1) is 12.7 Å². The number of nitrogens with zero attached hydrogens (tertiary/aromatic N) is 3. The fourth-order valence-electron chi connectivity index (χ4n) is 1.69. The molecule has 0 bridgehead atoms. The Morgan fingerprint density at radius 3 is 3.29 bits per heavy atom. The molecule has 1 aromatic heterocycles. The van der Waals surface area contributed by atoms with Crippen molar-refractivity contribution >= 4 is 28.1 Å². The number of hydrogen-bond donors (Lipinski definition) is 1. The molecule has 7 heteroatoms. The molecule has 1 N–H and O–H groups in total. The van der Waals surface area contributed by atoms with Gasteiger partial charge in [0.2, 0.25) is 0 Å². The van der Waals surface area contributed by atoms with Gasteiger partial charge < -0.3 is 15.0 Å². The lowest BCUT2D eigenvalue weighted by Gasteiger charge is -2.30. The van der Waals surface area contributed by atoms with Crippen molar-refractivity contribution in [2.45, 2.75) is 6.10 Å². The number of ether oxygens (including phenoxy) is 1. The van der Waals surface area contributed by atoms with Crippen molar-refractivity contribution in [1.82, 2.24) is 9.27 Å². The first-order valence-electron chi connectivity index (χ1n) is 5.30. The molecule has 1 aromatic rings. The highest BCUT2D eigenvalue weighted by Gasteiger charge is 2.19. The number of halogens is 1. The van der Waals surface area contributed by atoms with E-state index in [-0.39, 0.29) is 11.3 Å². The number of aromatic nitrogens is 1. The smallest absolute Gasteiger partial charge is 0.162 e. The Balaban J connectivity index is 1.91. The van der Waals surface area contributed by atoms with Gasteiger partial charge in [-0.2, -0.15) is 9.64 Å². The molecular weight excluding hydrogens is 260 g/mol. The van der Waals surface area contributed by atoms with Gasteiger partial charge >= 0.3 is 0 Å². The maximum Gasteiger partial charge on any atom is 0.162 e. The first-order chi connectivity index (χ1) is 8.20. The quantitative estimate of drug-likeness (QED) is 0.902. The Morgan fingerprint density at radius 2 is 2.59 bits per heavy atom. The van der Waals surface area contributed by atoms with Crippen LogP contribution in [0, 0.1) is 11.3 Å². The molecule has 1 aliphatic rings. The lowest BCUT2D eigenvalue weighted by atomic mass is 10.3. The Labute approximate surface area is 109 Å². The molecule has 1 aliphatic heterocycles. The predicted octanol–water partition coefficient (Wildman–Crippen LogP) is 1.41. The summed E-state index contributed by atoms with van der Waals surface area (Å²) in [6, 6.07) is 2.04. The molecule has 2 heterocycles. The molecule has 92 valence electrons. The van der Waals surface area contributed by atoms with E-state index in [4.69, 9.17) is 21.6 Å². The molecule has 2 rings (SSSR count). The second-order valence-corrected chi connectivity index (χ2v) is 5.06. The third-order valence-corrected chi connectivity index (χ3v) is 3.77. The van der Waals surface area contributed by atoms with Crippen molar-refractivity contribution in [3.63, 3.8) is 0 Å². The first-order valence-corrected chi connectivity index (χ1v) is 6.45. The van der Waals surface area contributed by atoms with Crippen LogP contribution in [0.5, 0.6) is 0 Å². The number of morpholine rings is 1. The lowest BCUT2D eigenvalue weighted by Crippen LogP contribution is -2.43. The molecule has 0 aliphatic carbocycles. The van der Waals surface area contributed by atoms with Gasteiger partial charge in [-0.1, -0.05) is 11.6 Å². The molecule has 0 aromatic carbocycles. The standard InChI is InChI=1S/C10H13ClN4OS/c1-15-2-3-16-7(6-15)5-13-10-8(4-12)9(11)14-17-10/h7,13H,2-3,5-6H2,1H3. The minimum atomic E-state index is 0.140. The summed E-state index contributed by atoms with van der Waals surface area (Å²) in [5, 5.41) is 13.1. The van der Waals surface area contributed by atoms with Crippen molar-refractivity contribution in [1.29, 1.82) is 5.26 Å². The van der Waals surface area contributed by atoms with Crippen molar-refractivity contribution in [2.24, 2.45) is 0 Å². The number of likely N-dealkylation sites (N-methyl/N-ethyl adjacent to an activating group) is 1. The highest BCUT2D eigenvalue weighted by Crippen LogP contribution is 2.27. The molecule has 0 amide bonds. The molecule has 0 saturated carbocycles. The van der Waals surface area contributed by atoms with Crippen molar-refractivity contribution < 1.29 is 4.74 Å². The molecule has 1 saturated heterocycles. The summed E-state index contributed by atoms with van der Waals surface area (Å²) in [6.07, 6.45) is 0.140. The summed E-state index contributed by atoms with van der Waals surface area (Å²) >= 11 is 6.99. The molecule has 1 atom stereocenters. The van der Waals surface area contributed by atoms with Gasteiger partial charge in [-0.05, 0) is 18.6 Å².